The van der Waals surface area contributed by atoms with E-state index >= 15 is 0 Å². The number of methoxy groups -OCH3 is 1. The molecule has 0 aromatic heterocycles. The van der Waals surface area contributed by atoms with Crippen LogP contribution in [0.4, 0.5) is 0 Å². The molecule has 1 aliphatic carbocycles. The summed E-state index contributed by atoms with van der Waals surface area (Å²) in [4.78, 5) is 23.5. The molecular weight excluding hydrogens is 272 g/mol. The van der Waals surface area contributed by atoms with Gasteiger partial charge in [-0.1, -0.05) is 17.7 Å². The Balaban J connectivity index is 2.42. The van der Waals surface area contributed by atoms with Gasteiger partial charge in [-0.3, -0.25) is 0 Å². The summed E-state index contributed by atoms with van der Waals surface area (Å²) in [5.41, 5.74) is 2.39. The van der Waals surface area contributed by atoms with Crippen LogP contribution in [0.25, 0.3) is 0 Å². The average Bonchev–Trinajstić information content (AvgIpc) is 2.63. The van der Waals surface area contributed by atoms with Crippen molar-refractivity contribution in [2.45, 2.75) is 45.3 Å². The van der Waals surface area contributed by atoms with Crippen molar-refractivity contribution in [3.63, 3.8) is 0 Å². The van der Waals surface area contributed by atoms with E-state index in [4.69, 9.17) is 9.47 Å². The lowest BCUT2D eigenvalue weighted by Gasteiger charge is -2.26. The van der Waals surface area contributed by atoms with Crippen LogP contribution >= 0.6 is 0 Å². The molecule has 0 spiro atoms. The normalized spacial score (nSPS) is 31.5. The molecule has 1 heterocycles. The number of esters is 2. The maximum Gasteiger partial charge on any atom is 0.336 e. The second-order valence-electron chi connectivity index (χ2n) is 5.47. The fourth-order valence-electron chi connectivity index (χ4n) is 2.73. The number of hydrogen-bond acceptors (Lipinski definition) is 5. The van der Waals surface area contributed by atoms with E-state index in [1.165, 1.54) is 7.11 Å². The van der Waals surface area contributed by atoms with Crippen LogP contribution in [0, 0.1) is 0 Å². The van der Waals surface area contributed by atoms with Gasteiger partial charge in [0.2, 0.25) is 5.79 Å². The quantitative estimate of drug-likeness (QED) is 0.592. The Bertz CT molecular complexity index is 567. The SMILES string of the molecule is COC(=O)/C1=C/CC2=C(C)C(=O)OC2(O)C/C(C)=C\CC1. The van der Waals surface area contributed by atoms with Crippen LogP contribution in [0.1, 0.15) is 39.5 Å². The van der Waals surface area contributed by atoms with Gasteiger partial charge in [-0.2, -0.15) is 0 Å². The summed E-state index contributed by atoms with van der Waals surface area (Å²) in [5.74, 6) is -2.49. The number of ether oxygens (including phenoxy) is 2. The molecule has 0 fully saturated rings. The molecule has 0 bridgehead atoms. The molecule has 0 saturated carbocycles. The lowest BCUT2D eigenvalue weighted by Crippen LogP contribution is -2.32. The summed E-state index contributed by atoms with van der Waals surface area (Å²) in [6.45, 7) is 3.51. The number of fused-ring (bicyclic) bond motifs is 1. The van der Waals surface area contributed by atoms with Gasteiger partial charge in [0.05, 0.1) is 7.11 Å². The van der Waals surface area contributed by atoms with Gasteiger partial charge in [-0.15, -0.1) is 0 Å². The van der Waals surface area contributed by atoms with E-state index in [1.807, 2.05) is 13.0 Å². The second kappa shape index (κ2) is 5.85. The molecule has 2 rings (SSSR count). The van der Waals surface area contributed by atoms with Crippen LogP contribution in [0.2, 0.25) is 0 Å². The number of hydrogen-bond donors (Lipinski definition) is 1. The van der Waals surface area contributed by atoms with Gasteiger partial charge in [0.15, 0.2) is 0 Å². The molecule has 5 heteroatoms. The predicted molar refractivity (Wildman–Crippen MR) is 76.1 cm³/mol. The Morgan fingerprint density at radius 3 is 2.76 bits per heavy atom. The third-order valence-electron chi connectivity index (χ3n) is 3.92. The monoisotopic (exact) mass is 292 g/mol. The number of rotatable bonds is 1. The highest BCUT2D eigenvalue weighted by Crippen LogP contribution is 2.38. The largest absolute Gasteiger partial charge is 0.466 e. The van der Waals surface area contributed by atoms with E-state index < -0.39 is 11.8 Å². The molecule has 0 saturated heterocycles. The third-order valence-corrected chi connectivity index (χ3v) is 3.92. The van der Waals surface area contributed by atoms with Crippen molar-refractivity contribution in [1.82, 2.24) is 0 Å². The Morgan fingerprint density at radius 2 is 2.10 bits per heavy atom. The Hall–Kier alpha value is -1.88. The molecule has 5 nitrogen and oxygen atoms in total. The minimum atomic E-state index is -1.60. The molecule has 1 unspecified atom stereocenters. The van der Waals surface area contributed by atoms with Crippen LogP contribution < -0.4 is 0 Å². The summed E-state index contributed by atoms with van der Waals surface area (Å²) >= 11 is 0. The first kappa shape index (κ1) is 15.5. The average molecular weight is 292 g/mol. The molecule has 1 atom stereocenters. The van der Waals surface area contributed by atoms with Crippen molar-refractivity contribution < 1.29 is 24.2 Å². The minimum Gasteiger partial charge on any atom is -0.466 e. The Morgan fingerprint density at radius 1 is 1.38 bits per heavy atom. The summed E-state index contributed by atoms with van der Waals surface area (Å²) in [6.07, 6.45) is 5.46. The van der Waals surface area contributed by atoms with Crippen molar-refractivity contribution in [3.8, 4) is 0 Å². The van der Waals surface area contributed by atoms with E-state index in [1.54, 1.807) is 13.0 Å². The molecule has 0 amide bonds. The van der Waals surface area contributed by atoms with Crippen molar-refractivity contribution in [2.75, 3.05) is 7.11 Å². The summed E-state index contributed by atoms with van der Waals surface area (Å²) in [6, 6.07) is 0. The Kier molecular flexibility index (Phi) is 4.32. The van der Waals surface area contributed by atoms with Crippen LogP contribution in [0.15, 0.2) is 34.4 Å². The second-order valence-corrected chi connectivity index (χ2v) is 5.47. The Labute approximate surface area is 123 Å². The zero-order valence-corrected chi connectivity index (χ0v) is 12.6. The van der Waals surface area contributed by atoms with Gasteiger partial charge in [0, 0.05) is 23.1 Å². The topological polar surface area (TPSA) is 72.8 Å². The molecule has 2 aliphatic rings. The first-order chi connectivity index (χ1) is 9.87. The van der Waals surface area contributed by atoms with Crippen LogP contribution in [-0.2, 0) is 19.1 Å². The van der Waals surface area contributed by atoms with Gasteiger partial charge in [0.1, 0.15) is 0 Å². The molecule has 1 aliphatic heterocycles. The molecule has 1 N–H and O–H groups in total. The van der Waals surface area contributed by atoms with Crippen molar-refractivity contribution >= 4 is 11.9 Å². The molecular formula is C16H20O5. The van der Waals surface area contributed by atoms with Gasteiger partial charge >= 0.3 is 11.9 Å². The van der Waals surface area contributed by atoms with E-state index in [9.17, 15) is 14.7 Å². The minimum absolute atomic E-state index is 0.257. The van der Waals surface area contributed by atoms with E-state index in [-0.39, 0.29) is 12.4 Å². The standard InChI is InChI=1S/C16H20O5/c1-10-5-4-6-12(15(18)20-3)7-8-13-11(2)14(17)21-16(13,19)9-10/h5,7,19H,4,6,8-9H2,1-3H3/b10-5-,12-7+. The van der Waals surface area contributed by atoms with E-state index in [0.717, 1.165) is 5.57 Å². The molecule has 0 aromatic carbocycles. The van der Waals surface area contributed by atoms with Gasteiger partial charge < -0.3 is 14.6 Å². The first-order valence-corrected chi connectivity index (χ1v) is 6.96. The van der Waals surface area contributed by atoms with Crippen molar-refractivity contribution in [3.05, 3.63) is 34.4 Å². The lowest BCUT2D eigenvalue weighted by molar-refractivity contribution is -0.181. The highest BCUT2D eigenvalue weighted by molar-refractivity contribution is 5.92. The summed E-state index contributed by atoms with van der Waals surface area (Å²) in [5, 5.41) is 10.6. The van der Waals surface area contributed by atoms with Gasteiger partial charge in [0.25, 0.3) is 0 Å². The fraction of sp³-hybridized carbons (Fsp3) is 0.500. The lowest BCUT2D eigenvalue weighted by atomic mass is 9.91. The fourth-order valence-corrected chi connectivity index (χ4v) is 2.73. The predicted octanol–water partition coefficient (Wildman–Crippen LogP) is 2.17. The van der Waals surface area contributed by atoms with E-state index in [2.05, 4.69) is 0 Å². The molecule has 0 aromatic rings. The number of aliphatic hydroxyl groups is 1. The first-order valence-electron chi connectivity index (χ1n) is 6.96. The number of allylic oxidation sites excluding steroid dienone is 2. The maximum atomic E-state index is 11.7. The zero-order chi connectivity index (χ0) is 15.6. The highest BCUT2D eigenvalue weighted by Gasteiger charge is 2.44. The summed E-state index contributed by atoms with van der Waals surface area (Å²) in [7, 11) is 1.34. The smallest absolute Gasteiger partial charge is 0.336 e. The van der Waals surface area contributed by atoms with E-state index in [0.29, 0.717) is 36.0 Å². The van der Waals surface area contributed by atoms with Crippen LogP contribution in [0.5, 0.6) is 0 Å². The van der Waals surface area contributed by atoms with Crippen molar-refractivity contribution in [2.24, 2.45) is 0 Å². The van der Waals surface area contributed by atoms with Crippen molar-refractivity contribution in [1.29, 1.82) is 0 Å². The highest BCUT2D eigenvalue weighted by atomic mass is 16.7. The summed E-state index contributed by atoms with van der Waals surface area (Å²) < 4.78 is 9.91. The molecule has 21 heavy (non-hydrogen) atoms. The number of carbonyl (C=O) groups is 2. The van der Waals surface area contributed by atoms with Gasteiger partial charge in [-0.25, -0.2) is 9.59 Å². The molecule has 0 radical (unpaired) electrons. The third kappa shape index (κ3) is 3.08. The van der Waals surface area contributed by atoms with Crippen LogP contribution in [-0.4, -0.2) is 29.9 Å². The maximum absolute atomic E-state index is 11.7. The molecule has 114 valence electrons. The van der Waals surface area contributed by atoms with Crippen LogP contribution in [0.3, 0.4) is 0 Å². The van der Waals surface area contributed by atoms with Gasteiger partial charge in [-0.05, 0) is 33.1 Å². The zero-order valence-electron chi connectivity index (χ0n) is 12.6. The number of carbonyl (C=O) groups excluding carboxylic acids is 2.